The Hall–Kier alpha value is -3.76. The van der Waals surface area contributed by atoms with Crippen LogP contribution in [0.5, 0.6) is 5.75 Å². The van der Waals surface area contributed by atoms with E-state index in [1.807, 2.05) is 0 Å². The first-order chi connectivity index (χ1) is 17.3. The summed E-state index contributed by atoms with van der Waals surface area (Å²) >= 11 is 0.988. The van der Waals surface area contributed by atoms with Crippen LogP contribution in [0.1, 0.15) is 11.1 Å². The Kier molecular flexibility index (Phi) is 7.97. The van der Waals surface area contributed by atoms with Crippen LogP contribution in [-0.4, -0.2) is 20.9 Å². The number of sulfonamides is 1. The monoisotopic (exact) mass is 528 g/mol. The van der Waals surface area contributed by atoms with Gasteiger partial charge < -0.3 is 10.1 Å². The number of benzene rings is 3. The highest BCUT2D eigenvalue weighted by molar-refractivity contribution is 7.94. The summed E-state index contributed by atoms with van der Waals surface area (Å²) in [6.45, 7) is -0.164. The molecule has 36 heavy (non-hydrogen) atoms. The topological polar surface area (TPSA) is 75.7 Å². The van der Waals surface area contributed by atoms with Crippen LogP contribution in [0.15, 0.2) is 94.5 Å². The Labute approximate surface area is 211 Å². The van der Waals surface area contributed by atoms with Crippen molar-refractivity contribution < 1.29 is 26.7 Å². The van der Waals surface area contributed by atoms with Crippen LogP contribution in [0.4, 0.5) is 14.5 Å². The highest BCUT2D eigenvalue weighted by atomic mass is 32.2. The van der Waals surface area contributed by atoms with E-state index in [2.05, 4.69) is 5.32 Å². The molecule has 4 aromatic rings. The lowest BCUT2D eigenvalue weighted by atomic mass is 10.2. The fourth-order valence-corrected chi connectivity index (χ4v) is 5.84. The maximum Gasteiger partial charge on any atom is 0.274 e. The second kappa shape index (κ2) is 11.3. The molecule has 0 aliphatic rings. The van der Waals surface area contributed by atoms with Crippen LogP contribution in [0.3, 0.4) is 0 Å². The normalized spacial score (nSPS) is 11.2. The molecule has 0 spiro atoms. The molecule has 6 nitrogen and oxygen atoms in total. The molecule has 1 aromatic heterocycles. The Balaban J connectivity index is 1.38. The molecule has 0 aliphatic carbocycles. The first-order valence-corrected chi connectivity index (χ1v) is 13.2. The van der Waals surface area contributed by atoms with Gasteiger partial charge in [-0.1, -0.05) is 42.5 Å². The number of hydrogen-bond donors (Lipinski definition) is 1. The van der Waals surface area contributed by atoms with E-state index in [1.165, 1.54) is 36.4 Å². The summed E-state index contributed by atoms with van der Waals surface area (Å²) in [6.07, 6.45) is 0. The summed E-state index contributed by atoms with van der Waals surface area (Å²) in [5, 5.41) is 4.27. The van der Waals surface area contributed by atoms with Crippen LogP contribution in [0.25, 0.3) is 0 Å². The second-order valence-corrected chi connectivity index (χ2v) is 10.8. The van der Waals surface area contributed by atoms with Gasteiger partial charge >= 0.3 is 0 Å². The lowest BCUT2D eigenvalue weighted by molar-refractivity contribution is -0.119. The van der Waals surface area contributed by atoms with Crippen LogP contribution in [0.2, 0.25) is 0 Å². The average Bonchev–Trinajstić information content (AvgIpc) is 3.43. The SMILES string of the molecule is O=C(CN(c1ccccc1F)S(=O)(=O)c1cccs1)NCc1ccc(OCc2ccc(F)cc2)cc1. The lowest BCUT2D eigenvalue weighted by Crippen LogP contribution is -2.40. The number of hydrogen-bond acceptors (Lipinski definition) is 5. The Morgan fingerprint density at radius 3 is 2.25 bits per heavy atom. The summed E-state index contributed by atoms with van der Waals surface area (Å²) in [7, 11) is -4.13. The van der Waals surface area contributed by atoms with E-state index in [-0.39, 0.29) is 28.9 Å². The summed E-state index contributed by atoms with van der Waals surface area (Å²) in [5.74, 6) is -1.05. The molecule has 0 saturated heterocycles. The Morgan fingerprint density at radius 1 is 0.889 bits per heavy atom. The Morgan fingerprint density at radius 2 is 1.58 bits per heavy atom. The van der Waals surface area contributed by atoms with Gasteiger partial charge in [-0.25, -0.2) is 17.2 Å². The van der Waals surface area contributed by atoms with Gasteiger partial charge in [-0.3, -0.25) is 9.10 Å². The standard InChI is InChI=1S/C26H22F2N2O4S2/c27-21-11-7-20(8-12-21)18-34-22-13-9-19(10-14-22)16-29-25(31)17-30(24-5-2-1-4-23(24)28)36(32,33)26-6-3-15-35-26/h1-15H,16-18H2,(H,29,31). The minimum absolute atomic E-state index is 0.00905. The van der Waals surface area contributed by atoms with E-state index in [9.17, 15) is 22.0 Å². The molecule has 4 rings (SSSR count). The predicted octanol–water partition coefficient (Wildman–Crippen LogP) is 5.12. The molecule has 0 saturated carbocycles. The molecule has 1 N–H and O–H groups in total. The number of amides is 1. The van der Waals surface area contributed by atoms with Gasteiger partial charge in [0.25, 0.3) is 10.0 Å². The molecular weight excluding hydrogens is 506 g/mol. The minimum atomic E-state index is -4.13. The minimum Gasteiger partial charge on any atom is -0.489 e. The average molecular weight is 529 g/mol. The van der Waals surface area contributed by atoms with Crippen LogP contribution < -0.4 is 14.4 Å². The highest BCUT2D eigenvalue weighted by Gasteiger charge is 2.29. The first kappa shape index (κ1) is 25.3. The first-order valence-electron chi connectivity index (χ1n) is 10.9. The molecule has 186 valence electrons. The third-order valence-electron chi connectivity index (χ3n) is 5.18. The number of carbonyl (C=O) groups is 1. The number of para-hydroxylation sites is 1. The molecule has 0 radical (unpaired) electrons. The van der Waals surface area contributed by atoms with Crippen molar-refractivity contribution in [2.45, 2.75) is 17.4 Å². The van der Waals surface area contributed by atoms with Gasteiger partial charge in [0.15, 0.2) is 0 Å². The number of nitrogens with one attached hydrogen (secondary N) is 1. The molecule has 0 atom stereocenters. The second-order valence-electron chi connectivity index (χ2n) is 7.73. The molecule has 0 aliphatic heterocycles. The van der Waals surface area contributed by atoms with E-state index in [1.54, 1.807) is 47.8 Å². The fourth-order valence-electron chi connectivity index (χ4n) is 3.31. The zero-order valence-electron chi connectivity index (χ0n) is 18.9. The van der Waals surface area contributed by atoms with Gasteiger partial charge in [-0.15, -0.1) is 11.3 Å². The number of halogens is 2. The van der Waals surface area contributed by atoms with E-state index < -0.39 is 28.3 Å². The molecule has 0 fully saturated rings. The van der Waals surface area contributed by atoms with Crippen molar-refractivity contribution >= 4 is 33.0 Å². The van der Waals surface area contributed by atoms with Gasteiger partial charge in [0.2, 0.25) is 5.91 Å². The van der Waals surface area contributed by atoms with Crippen molar-refractivity contribution in [2.75, 3.05) is 10.8 Å². The largest absolute Gasteiger partial charge is 0.489 e. The quantitative estimate of drug-likeness (QED) is 0.310. The van der Waals surface area contributed by atoms with Gasteiger partial charge in [0, 0.05) is 6.54 Å². The fraction of sp³-hybridized carbons (Fsp3) is 0.115. The van der Waals surface area contributed by atoms with Crippen molar-refractivity contribution in [3.05, 3.63) is 113 Å². The van der Waals surface area contributed by atoms with Gasteiger partial charge in [0.05, 0.1) is 5.69 Å². The van der Waals surface area contributed by atoms with Crippen LogP contribution >= 0.6 is 11.3 Å². The third-order valence-corrected chi connectivity index (χ3v) is 8.31. The summed E-state index contributed by atoms with van der Waals surface area (Å²) in [6, 6.07) is 21.4. The summed E-state index contributed by atoms with van der Waals surface area (Å²) in [4.78, 5) is 12.7. The van der Waals surface area contributed by atoms with E-state index in [4.69, 9.17) is 4.74 Å². The maximum atomic E-state index is 14.5. The molecule has 10 heteroatoms. The highest BCUT2D eigenvalue weighted by Crippen LogP contribution is 2.28. The van der Waals surface area contributed by atoms with Crippen molar-refractivity contribution in [3.8, 4) is 5.75 Å². The molecule has 0 bridgehead atoms. The number of rotatable bonds is 10. The van der Waals surface area contributed by atoms with Crippen molar-refractivity contribution in [1.29, 1.82) is 0 Å². The van der Waals surface area contributed by atoms with Crippen LogP contribution in [-0.2, 0) is 28.0 Å². The third kappa shape index (κ3) is 6.27. The molecule has 0 unspecified atom stereocenters. The van der Waals surface area contributed by atoms with Gasteiger partial charge in [-0.2, -0.15) is 0 Å². The van der Waals surface area contributed by atoms with Crippen LogP contribution in [0, 0.1) is 11.6 Å². The number of carbonyl (C=O) groups excluding carboxylic acids is 1. The van der Waals surface area contributed by atoms with Gasteiger partial charge in [0.1, 0.15) is 34.7 Å². The zero-order chi connectivity index (χ0) is 25.5. The number of ether oxygens (including phenoxy) is 1. The van der Waals surface area contributed by atoms with E-state index in [0.717, 1.165) is 32.8 Å². The smallest absolute Gasteiger partial charge is 0.274 e. The predicted molar refractivity (Wildman–Crippen MR) is 134 cm³/mol. The summed E-state index contributed by atoms with van der Waals surface area (Å²) < 4.78 is 60.2. The van der Waals surface area contributed by atoms with Crippen molar-refractivity contribution in [3.63, 3.8) is 0 Å². The van der Waals surface area contributed by atoms with Crippen molar-refractivity contribution in [2.24, 2.45) is 0 Å². The van der Waals surface area contributed by atoms with E-state index in [0.29, 0.717) is 5.75 Å². The van der Waals surface area contributed by atoms with Gasteiger partial charge in [-0.05, 0) is 59.0 Å². The summed E-state index contributed by atoms with van der Waals surface area (Å²) in [5.41, 5.74) is 1.38. The zero-order valence-corrected chi connectivity index (χ0v) is 20.6. The maximum absolute atomic E-state index is 14.5. The van der Waals surface area contributed by atoms with Crippen molar-refractivity contribution in [1.82, 2.24) is 5.32 Å². The molecule has 1 heterocycles. The molecule has 1 amide bonds. The number of nitrogens with zero attached hydrogens (tertiary/aromatic N) is 1. The molecule has 3 aromatic carbocycles. The Bertz CT molecular complexity index is 1410. The van der Waals surface area contributed by atoms with E-state index >= 15 is 0 Å². The lowest BCUT2D eigenvalue weighted by Gasteiger charge is -2.23. The number of thiophene rings is 1. The number of anilines is 1. The molecular formula is C26H22F2N2O4S2.